The summed E-state index contributed by atoms with van der Waals surface area (Å²) in [6, 6.07) is 2.52. The van der Waals surface area contributed by atoms with E-state index in [0.29, 0.717) is 5.76 Å². The van der Waals surface area contributed by atoms with E-state index in [2.05, 4.69) is 5.32 Å². The molecule has 0 saturated heterocycles. The SMILES string of the molecule is O=C(COC(=O)C1CC1[N+](=O)[O-])NCc1ccco1. The van der Waals surface area contributed by atoms with Gasteiger partial charge in [-0.25, -0.2) is 0 Å². The molecule has 1 aliphatic carbocycles. The van der Waals surface area contributed by atoms with E-state index < -0.39 is 35.4 Å². The van der Waals surface area contributed by atoms with E-state index >= 15 is 0 Å². The van der Waals surface area contributed by atoms with Crippen molar-refractivity contribution in [2.75, 3.05) is 6.61 Å². The molecule has 0 spiro atoms. The van der Waals surface area contributed by atoms with Gasteiger partial charge in [-0.2, -0.15) is 0 Å². The molecule has 2 rings (SSSR count). The number of ether oxygens (including phenoxy) is 1. The summed E-state index contributed by atoms with van der Waals surface area (Å²) < 4.78 is 9.69. The molecule has 8 heteroatoms. The number of nitrogens with one attached hydrogen (secondary N) is 1. The molecule has 1 heterocycles. The first kappa shape index (κ1) is 13.1. The van der Waals surface area contributed by atoms with E-state index in [1.807, 2.05) is 0 Å². The summed E-state index contributed by atoms with van der Waals surface area (Å²) in [7, 11) is 0. The molecule has 1 amide bonds. The fourth-order valence-corrected chi connectivity index (χ4v) is 1.56. The Hall–Kier alpha value is -2.38. The summed E-state index contributed by atoms with van der Waals surface area (Å²) >= 11 is 0. The number of carbonyl (C=O) groups excluding carboxylic acids is 2. The van der Waals surface area contributed by atoms with Gasteiger partial charge in [0.25, 0.3) is 5.91 Å². The Morgan fingerprint density at radius 2 is 2.37 bits per heavy atom. The highest BCUT2D eigenvalue weighted by Crippen LogP contribution is 2.33. The second-order valence-electron chi connectivity index (χ2n) is 4.16. The lowest BCUT2D eigenvalue weighted by atomic mass is 10.4. The molecule has 1 fully saturated rings. The number of nitrogens with zero attached hydrogens (tertiary/aromatic N) is 1. The molecular formula is C11H12N2O6. The first-order chi connectivity index (χ1) is 9.08. The minimum absolute atomic E-state index is 0.180. The number of furan rings is 1. The Labute approximate surface area is 107 Å². The van der Waals surface area contributed by atoms with Gasteiger partial charge in [0.05, 0.1) is 12.8 Å². The molecule has 1 aromatic heterocycles. The van der Waals surface area contributed by atoms with Crippen LogP contribution in [0.4, 0.5) is 0 Å². The molecule has 0 aromatic carbocycles. The van der Waals surface area contributed by atoms with Crippen molar-refractivity contribution in [2.45, 2.75) is 19.0 Å². The van der Waals surface area contributed by atoms with Crippen molar-refractivity contribution in [3.63, 3.8) is 0 Å². The average Bonchev–Trinajstić information content (AvgIpc) is 3.03. The van der Waals surface area contributed by atoms with E-state index in [4.69, 9.17) is 9.15 Å². The standard InChI is InChI=1S/C11H12N2O6/c14-10(12-5-7-2-1-3-18-7)6-19-11(15)8-4-9(8)13(16)17/h1-3,8-9H,4-6H2,(H,12,14). The highest BCUT2D eigenvalue weighted by molar-refractivity contribution is 5.82. The van der Waals surface area contributed by atoms with E-state index in [1.165, 1.54) is 6.26 Å². The van der Waals surface area contributed by atoms with Crippen LogP contribution in [0.15, 0.2) is 22.8 Å². The van der Waals surface area contributed by atoms with Crippen LogP contribution in [-0.4, -0.2) is 29.4 Å². The van der Waals surface area contributed by atoms with Crippen molar-refractivity contribution in [1.82, 2.24) is 5.32 Å². The molecule has 2 unspecified atom stereocenters. The molecule has 8 nitrogen and oxygen atoms in total. The lowest BCUT2D eigenvalue weighted by Gasteiger charge is -2.04. The van der Waals surface area contributed by atoms with Crippen LogP contribution in [0.5, 0.6) is 0 Å². The number of carbonyl (C=O) groups is 2. The molecule has 19 heavy (non-hydrogen) atoms. The van der Waals surface area contributed by atoms with Crippen LogP contribution >= 0.6 is 0 Å². The molecule has 1 saturated carbocycles. The van der Waals surface area contributed by atoms with Gasteiger partial charge >= 0.3 is 5.97 Å². The first-order valence-electron chi connectivity index (χ1n) is 5.67. The van der Waals surface area contributed by atoms with E-state index in [9.17, 15) is 19.7 Å². The van der Waals surface area contributed by atoms with Gasteiger partial charge in [-0.3, -0.25) is 19.7 Å². The summed E-state index contributed by atoms with van der Waals surface area (Å²) in [6.07, 6.45) is 1.66. The molecule has 0 bridgehead atoms. The third-order valence-electron chi connectivity index (χ3n) is 2.72. The van der Waals surface area contributed by atoms with Crippen LogP contribution in [0.1, 0.15) is 12.2 Å². The van der Waals surface area contributed by atoms with Crippen LogP contribution in [0, 0.1) is 16.0 Å². The zero-order valence-corrected chi connectivity index (χ0v) is 9.90. The second kappa shape index (κ2) is 5.51. The van der Waals surface area contributed by atoms with Crippen molar-refractivity contribution in [3.8, 4) is 0 Å². The molecule has 1 N–H and O–H groups in total. The second-order valence-corrected chi connectivity index (χ2v) is 4.16. The summed E-state index contributed by atoms with van der Waals surface area (Å²) in [4.78, 5) is 32.5. The largest absolute Gasteiger partial charge is 0.467 e. The molecule has 2 atom stereocenters. The fraction of sp³-hybridized carbons (Fsp3) is 0.455. The van der Waals surface area contributed by atoms with E-state index in [0.717, 1.165) is 0 Å². The fourth-order valence-electron chi connectivity index (χ4n) is 1.56. The topological polar surface area (TPSA) is 112 Å². The molecule has 0 radical (unpaired) electrons. The summed E-state index contributed by atoms with van der Waals surface area (Å²) in [6.45, 7) is -0.245. The predicted octanol–water partition coefficient (Wildman–Crippen LogP) is 0.104. The maximum atomic E-state index is 11.3. The van der Waals surface area contributed by atoms with Gasteiger partial charge in [0.2, 0.25) is 6.04 Å². The monoisotopic (exact) mass is 268 g/mol. The quantitative estimate of drug-likeness (QED) is 0.445. The molecule has 1 aromatic rings. The smallest absolute Gasteiger partial charge is 0.316 e. The minimum Gasteiger partial charge on any atom is -0.467 e. The third-order valence-corrected chi connectivity index (χ3v) is 2.72. The molecule has 102 valence electrons. The van der Waals surface area contributed by atoms with Crippen molar-refractivity contribution in [3.05, 3.63) is 34.3 Å². The van der Waals surface area contributed by atoms with Gasteiger partial charge in [-0.05, 0) is 12.1 Å². The summed E-state index contributed by atoms with van der Waals surface area (Å²) in [5.74, 6) is -1.32. The van der Waals surface area contributed by atoms with E-state index in [1.54, 1.807) is 12.1 Å². The molecule has 0 aliphatic heterocycles. The zero-order valence-electron chi connectivity index (χ0n) is 9.90. The Balaban J connectivity index is 1.64. The number of nitro groups is 1. The number of rotatable bonds is 6. The van der Waals surface area contributed by atoms with Crippen molar-refractivity contribution in [2.24, 2.45) is 5.92 Å². The van der Waals surface area contributed by atoms with Crippen molar-refractivity contribution < 1.29 is 23.7 Å². The number of esters is 1. The van der Waals surface area contributed by atoms with Gasteiger partial charge in [0, 0.05) is 11.3 Å². The van der Waals surface area contributed by atoms with Crippen molar-refractivity contribution >= 4 is 11.9 Å². The zero-order chi connectivity index (χ0) is 13.8. The average molecular weight is 268 g/mol. The minimum atomic E-state index is -0.862. The van der Waals surface area contributed by atoms with Crippen LogP contribution in [0.2, 0.25) is 0 Å². The number of hydrogen-bond acceptors (Lipinski definition) is 6. The lowest BCUT2D eigenvalue weighted by molar-refractivity contribution is -0.497. The van der Waals surface area contributed by atoms with Gasteiger partial charge < -0.3 is 14.5 Å². The van der Waals surface area contributed by atoms with E-state index in [-0.39, 0.29) is 13.0 Å². The molecular weight excluding hydrogens is 256 g/mol. The van der Waals surface area contributed by atoms with Gasteiger partial charge in [-0.15, -0.1) is 0 Å². The van der Waals surface area contributed by atoms with Crippen LogP contribution in [-0.2, 0) is 20.9 Å². The van der Waals surface area contributed by atoms with Crippen LogP contribution < -0.4 is 5.32 Å². The summed E-state index contributed by atoms with van der Waals surface area (Å²) in [5.41, 5.74) is 0. The number of hydrogen-bond donors (Lipinski definition) is 1. The maximum Gasteiger partial charge on any atom is 0.316 e. The highest BCUT2D eigenvalue weighted by Gasteiger charge is 2.54. The normalized spacial score (nSPS) is 20.6. The lowest BCUT2D eigenvalue weighted by Crippen LogP contribution is -2.29. The third kappa shape index (κ3) is 3.54. The maximum absolute atomic E-state index is 11.3. The van der Waals surface area contributed by atoms with Crippen LogP contribution in [0.25, 0.3) is 0 Å². The Bertz CT molecular complexity index is 483. The Kier molecular flexibility index (Phi) is 3.79. The first-order valence-corrected chi connectivity index (χ1v) is 5.67. The molecule has 1 aliphatic rings. The number of amides is 1. The van der Waals surface area contributed by atoms with Gasteiger partial charge in [-0.1, -0.05) is 0 Å². The van der Waals surface area contributed by atoms with Gasteiger partial charge in [0.1, 0.15) is 11.7 Å². The highest BCUT2D eigenvalue weighted by atomic mass is 16.6. The van der Waals surface area contributed by atoms with Crippen molar-refractivity contribution in [1.29, 1.82) is 0 Å². The Morgan fingerprint density at radius 3 is 2.95 bits per heavy atom. The van der Waals surface area contributed by atoms with Gasteiger partial charge in [0.15, 0.2) is 6.61 Å². The Morgan fingerprint density at radius 1 is 1.58 bits per heavy atom. The van der Waals surface area contributed by atoms with Crippen LogP contribution in [0.3, 0.4) is 0 Å². The predicted molar refractivity (Wildman–Crippen MR) is 60.4 cm³/mol. The summed E-state index contributed by atoms with van der Waals surface area (Å²) in [5, 5.41) is 12.8.